The molecule has 14 rings (SSSR count). The molecule has 119 heavy (non-hydrogen) atoms. The van der Waals surface area contributed by atoms with Gasteiger partial charge in [-0.15, -0.1) is 0 Å². The fraction of sp³-hybridized carbons (Fsp3) is 0.208. The first kappa shape index (κ1) is 87.3. The Morgan fingerprint density at radius 1 is 0.361 bits per heavy atom. The third kappa shape index (κ3) is 20.9. The summed E-state index contributed by atoms with van der Waals surface area (Å²) in [6, 6.07) is 64.1. The summed E-state index contributed by atoms with van der Waals surface area (Å²) in [6.45, 7) is 40.3. The van der Waals surface area contributed by atoms with E-state index in [1.807, 2.05) is 132 Å². The molecule has 0 aliphatic carbocycles. The Labute approximate surface area is 700 Å². The number of Topliss-reactive ketones (excluding diaryl/α,β-unsaturated/α-hetero) is 4. The standard InChI is InChI=1S/C28H23F3N2O2.C27H23ClN2O2.C21H19ClN2O2.C20H16ClFN2O2/c1-18-13-21-11-12-33(25(21)16-22(18)20-7-5-4-6-8-20)17-27(2,35)26(34)15-19-9-10-24(32-3)23(14-19)28(29,30)31;1-18-13-21-11-12-30(25(21)16-22(18)20-7-5-4-6-8-20)17-27(2,32)26(31)15-19-9-10-24(29-3)23(28)14-19;1-14-5-4-6-19-16(14)9-10-24(19)13-21(2,26)20(25)12-15-7-8-18(23-3)17(22)11-15;1-20(26,12-24-8-7-14-4-5-15(22)11-18(14)24)19(25)10-13-3-6-17(23-2)16(21)9-13/h4-14,16,35H,15,17H2,1-2H3;4-14,16,32H,15,17H2,1-2H3;4-11,26H,12-13H2,1-2H3;3-9,11,26H,10,12H2,1H3/t2*27-;21-;20-/m0000/s1. The van der Waals surface area contributed by atoms with Gasteiger partial charge in [-0.05, 0) is 199 Å². The van der Waals surface area contributed by atoms with Crippen molar-refractivity contribution in [3.8, 4) is 22.3 Å². The summed E-state index contributed by atoms with van der Waals surface area (Å²) in [4.78, 5) is 64.0. The first-order chi connectivity index (χ1) is 56.4. The number of aliphatic hydroxyl groups is 4. The van der Waals surface area contributed by atoms with Gasteiger partial charge >= 0.3 is 6.18 Å². The van der Waals surface area contributed by atoms with Gasteiger partial charge in [-0.25, -0.2) is 23.8 Å². The molecule has 23 heteroatoms. The van der Waals surface area contributed by atoms with Gasteiger partial charge in [-0.1, -0.05) is 180 Å². The Hall–Kier alpha value is -12.6. The number of rotatable bonds is 22. The maximum Gasteiger partial charge on any atom is 0.407 e. The van der Waals surface area contributed by atoms with Crippen LogP contribution in [0.4, 0.5) is 40.3 Å². The van der Waals surface area contributed by atoms with E-state index in [4.69, 9.17) is 61.1 Å². The largest absolute Gasteiger partial charge is 0.407 e. The van der Waals surface area contributed by atoms with Gasteiger partial charge in [0.25, 0.3) is 0 Å². The first-order valence-corrected chi connectivity index (χ1v) is 38.7. The minimum atomic E-state index is -4.71. The summed E-state index contributed by atoms with van der Waals surface area (Å²) in [5.41, 5.74) is 6.09. The first-order valence-electron chi connectivity index (χ1n) is 37.6. The van der Waals surface area contributed by atoms with Crippen molar-refractivity contribution in [2.75, 3.05) is 0 Å². The van der Waals surface area contributed by atoms with Crippen LogP contribution in [0.1, 0.15) is 72.2 Å². The second kappa shape index (κ2) is 36.5. The lowest BCUT2D eigenvalue weighted by Gasteiger charge is -2.23. The van der Waals surface area contributed by atoms with E-state index < -0.39 is 45.6 Å². The number of carbonyl (C=O) groups excluding carboxylic acids is 4. The van der Waals surface area contributed by atoms with Crippen molar-refractivity contribution in [1.29, 1.82) is 0 Å². The van der Waals surface area contributed by atoms with Crippen LogP contribution < -0.4 is 0 Å². The Balaban J connectivity index is 0.000000157. The van der Waals surface area contributed by atoms with Crippen LogP contribution >= 0.6 is 34.8 Å². The van der Waals surface area contributed by atoms with E-state index in [2.05, 4.69) is 50.6 Å². The fourth-order valence-electron chi connectivity index (χ4n) is 14.1. The van der Waals surface area contributed by atoms with Gasteiger partial charge < -0.3 is 38.7 Å². The number of aromatic nitrogens is 4. The molecule has 0 bridgehead atoms. The molecule has 4 aromatic heterocycles. The minimum absolute atomic E-state index is 0.00660. The van der Waals surface area contributed by atoms with Gasteiger partial charge in [0.05, 0.1) is 63.5 Å². The van der Waals surface area contributed by atoms with Crippen LogP contribution in [0.25, 0.3) is 85.2 Å². The third-order valence-electron chi connectivity index (χ3n) is 20.8. The molecule has 16 nitrogen and oxygen atoms in total. The zero-order chi connectivity index (χ0) is 86.1. The van der Waals surface area contributed by atoms with Crippen molar-refractivity contribution >= 4 is 124 Å². The van der Waals surface area contributed by atoms with Crippen molar-refractivity contribution < 1.29 is 57.2 Å². The Morgan fingerprint density at radius 2 is 0.697 bits per heavy atom. The van der Waals surface area contributed by atoms with Crippen molar-refractivity contribution in [2.45, 2.75) is 129 Å². The van der Waals surface area contributed by atoms with Gasteiger partial charge in [0.2, 0.25) is 17.1 Å². The van der Waals surface area contributed by atoms with Crippen LogP contribution in [-0.4, -0.2) is 84.2 Å². The van der Waals surface area contributed by atoms with E-state index in [1.54, 1.807) is 95.2 Å². The van der Waals surface area contributed by atoms with Gasteiger partial charge in [-0.2, -0.15) is 13.2 Å². The van der Waals surface area contributed by atoms with E-state index in [1.165, 1.54) is 44.5 Å². The number of alkyl halides is 3. The van der Waals surface area contributed by atoms with Gasteiger partial charge in [0.15, 0.2) is 28.8 Å². The molecule has 602 valence electrons. The summed E-state index contributed by atoms with van der Waals surface area (Å²) >= 11 is 18.1. The molecular weight excluding hydrogens is 1580 g/mol. The summed E-state index contributed by atoms with van der Waals surface area (Å²) in [5.74, 6) is -1.97. The second-order valence-corrected chi connectivity index (χ2v) is 31.5. The smallest absolute Gasteiger partial charge is 0.380 e. The van der Waals surface area contributed by atoms with Gasteiger partial charge in [0.1, 0.15) is 28.2 Å². The highest BCUT2D eigenvalue weighted by Crippen LogP contribution is 2.39. The van der Waals surface area contributed by atoms with E-state index >= 15 is 0 Å². The van der Waals surface area contributed by atoms with Crippen molar-refractivity contribution in [3.05, 3.63) is 354 Å². The zero-order valence-electron chi connectivity index (χ0n) is 65.9. The van der Waals surface area contributed by atoms with Crippen LogP contribution in [0, 0.1) is 52.9 Å². The number of benzene rings is 10. The third-order valence-corrected chi connectivity index (χ3v) is 21.7. The topological polar surface area (TPSA) is 186 Å². The molecule has 0 saturated carbocycles. The molecule has 4 atom stereocenters. The maximum atomic E-state index is 13.5. The Kier molecular flexibility index (Phi) is 26.8. The van der Waals surface area contributed by atoms with Crippen molar-refractivity contribution in [1.82, 2.24) is 18.3 Å². The number of fused-ring (bicyclic) bond motifs is 4. The van der Waals surface area contributed by atoms with E-state index in [0.717, 1.165) is 83.6 Å². The van der Waals surface area contributed by atoms with Crippen LogP contribution in [0.3, 0.4) is 0 Å². The Morgan fingerprint density at radius 3 is 1.06 bits per heavy atom. The molecule has 0 fully saturated rings. The number of carbonyl (C=O) groups is 4. The number of nitrogens with zero attached hydrogens (tertiary/aromatic N) is 8. The molecule has 0 saturated heterocycles. The van der Waals surface area contributed by atoms with E-state index in [-0.39, 0.29) is 85.6 Å². The fourth-order valence-corrected chi connectivity index (χ4v) is 14.8. The average Bonchev–Trinajstić information content (AvgIpc) is 1.67. The average molecular weight is 1660 g/mol. The highest BCUT2D eigenvalue weighted by molar-refractivity contribution is 6.34. The van der Waals surface area contributed by atoms with Crippen molar-refractivity contribution in [3.63, 3.8) is 0 Å². The van der Waals surface area contributed by atoms with Crippen LogP contribution in [0.15, 0.2) is 243 Å². The summed E-state index contributed by atoms with van der Waals surface area (Å²) < 4.78 is 60.6. The Bertz CT molecular complexity index is 6300. The number of hydrogen-bond acceptors (Lipinski definition) is 8. The number of hydrogen-bond donors (Lipinski definition) is 4. The molecule has 14 aromatic rings. The molecule has 0 amide bonds. The lowest BCUT2D eigenvalue weighted by Crippen LogP contribution is -2.40. The van der Waals surface area contributed by atoms with Crippen LogP contribution in [0.2, 0.25) is 15.1 Å². The second-order valence-electron chi connectivity index (χ2n) is 30.3. The van der Waals surface area contributed by atoms with Gasteiger partial charge in [-0.3, -0.25) is 19.2 Å². The highest BCUT2D eigenvalue weighted by Gasteiger charge is 2.37. The quantitative estimate of drug-likeness (QED) is 0.0381. The summed E-state index contributed by atoms with van der Waals surface area (Å²) in [7, 11) is 0. The molecule has 10 aromatic carbocycles. The summed E-state index contributed by atoms with van der Waals surface area (Å²) in [5, 5.41) is 48.3. The molecule has 0 unspecified atom stereocenters. The zero-order valence-corrected chi connectivity index (χ0v) is 68.2. The summed E-state index contributed by atoms with van der Waals surface area (Å²) in [6.07, 6.45) is 2.28. The molecule has 4 N–H and O–H groups in total. The lowest BCUT2D eigenvalue weighted by molar-refractivity contribution is -0.138. The normalized spacial score (nSPS) is 13.3. The van der Waals surface area contributed by atoms with E-state index in [0.29, 0.717) is 49.3 Å². The minimum Gasteiger partial charge on any atom is -0.380 e. The number of ketones is 4. The highest BCUT2D eigenvalue weighted by atomic mass is 35.5. The number of halogens is 7. The molecule has 4 heterocycles. The van der Waals surface area contributed by atoms with E-state index in [9.17, 15) is 57.2 Å². The monoisotopic (exact) mass is 1650 g/mol. The molecule has 0 aliphatic heterocycles. The van der Waals surface area contributed by atoms with Crippen molar-refractivity contribution in [2.24, 2.45) is 0 Å². The lowest BCUT2D eigenvalue weighted by atomic mass is 9.93. The predicted molar refractivity (Wildman–Crippen MR) is 461 cm³/mol. The molecule has 0 aliphatic rings. The van der Waals surface area contributed by atoms with Crippen LogP contribution in [-0.2, 0) is 77.2 Å². The predicted octanol–water partition coefficient (Wildman–Crippen LogP) is 22.4. The van der Waals surface area contributed by atoms with Gasteiger partial charge in [0, 0.05) is 87.5 Å². The SMILES string of the molecule is [C-]#[N+]c1ccc(CC(=O)[C@@](C)(O)Cn2ccc3c(C)cccc32)cc1Cl.[C-]#[N+]c1ccc(CC(=O)[C@@](C)(O)Cn2ccc3cc(C)c(-c4ccccc4)cc32)cc1C(F)(F)F.[C-]#[N+]c1ccc(CC(=O)[C@@](C)(O)Cn2ccc3cc(C)c(-c4ccccc4)cc32)cc1Cl.[C-]#[N+]c1ccc(CC(=O)[C@@](C)(O)Cn2ccc3ccc(F)cc32)cc1Cl. The molecular formula is C96H81Cl3F4N8O8. The van der Waals surface area contributed by atoms with Crippen LogP contribution in [0.5, 0.6) is 0 Å². The number of aryl methyl sites for hydroxylation is 3. The molecule has 0 radical (unpaired) electrons. The molecule has 0 spiro atoms. The maximum absolute atomic E-state index is 13.5.